The molecule has 2 rings (SSSR count). The average molecular weight is 297 g/mol. The van der Waals surface area contributed by atoms with Crippen molar-refractivity contribution in [3.8, 4) is 0 Å². The summed E-state index contributed by atoms with van der Waals surface area (Å²) in [6.45, 7) is 2.29. The lowest BCUT2D eigenvalue weighted by atomic mass is 9.85. The van der Waals surface area contributed by atoms with Gasteiger partial charge in [0.15, 0.2) is 0 Å². The number of hydrogen-bond donors (Lipinski definition) is 1. The highest BCUT2D eigenvalue weighted by molar-refractivity contribution is 7.99. The van der Waals surface area contributed by atoms with Gasteiger partial charge in [-0.3, -0.25) is 0 Å². The van der Waals surface area contributed by atoms with Crippen molar-refractivity contribution in [2.75, 3.05) is 18.1 Å². The Morgan fingerprint density at radius 3 is 2.68 bits per heavy atom. The Hall–Kier alpha value is 0.0600. The lowest BCUT2D eigenvalue weighted by molar-refractivity contribution is -0.141. The van der Waals surface area contributed by atoms with Gasteiger partial charge in [0.25, 0.3) is 0 Å². The summed E-state index contributed by atoms with van der Waals surface area (Å²) >= 11 is 1.94. The Morgan fingerprint density at radius 1 is 1.37 bits per heavy atom. The van der Waals surface area contributed by atoms with Gasteiger partial charge < -0.3 is 10.1 Å². The Morgan fingerprint density at radius 2 is 2.05 bits per heavy atom. The van der Waals surface area contributed by atoms with Crippen molar-refractivity contribution in [2.24, 2.45) is 0 Å². The van der Waals surface area contributed by atoms with Crippen molar-refractivity contribution in [1.82, 2.24) is 5.32 Å². The maximum atomic E-state index is 12.3. The molecule has 0 saturated carbocycles. The smallest absolute Gasteiger partial charge is 0.375 e. The molecule has 2 heterocycles. The number of halogens is 3. The van der Waals surface area contributed by atoms with Crippen LogP contribution in [0.1, 0.15) is 39.0 Å². The van der Waals surface area contributed by atoms with Crippen molar-refractivity contribution in [3.63, 3.8) is 0 Å². The third-order valence-corrected chi connectivity index (χ3v) is 4.94. The van der Waals surface area contributed by atoms with Crippen LogP contribution in [0.3, 0.4) is 0 Å². The first-order valence-electron chi connectivity index (χ1n) is 6.93. The molecule has 0 aromatic rings. The molecular formula is C13H22F3NOS. The van der Waals surface area contributed by atoms with Gasteiger partial charge in [-0.2, -0.15) is 24.9 Å². The molecule has 1 spiro atoms. The summed E-state index contributed by atoms with van der Waals surface area (Å²) in [4.78, 5) is 0. The van der Waals surface area contributed by atoms with Gasteiger partial charge in [0, 0.05) is 18.7 Å². The molecular weight excluding hydrogens is 275 g/mol. The number of rotatable bonds is 3. The molecule has 0 aromatic heterocycles. The second-order valence-corrected chi connectivity index (χ2v) is 6.95. The Labute approximate surface area is 116 Å². The molecule has 2 aliphatic rings. The summed E-state index contributed by atoms with van der Waals surface area (Å²) in [7, 11) is 0. The Balaban J connectivity index is 1.83. The number of hydrogen-bond acceptors (Lipinski definition) is 3. The fraction of sp³-hybridized carbons (Fsp3) is 1.00. The van der Waals surface area contributed by atoms with Gasteiger partial charge in [-0.25, -0.2) is 0 Å². The van der Waals surface area contributed by atoms with Gasteiger partial charge in [0.05, 0.1) is 12.0 Å². The summed E-state index contributed by atoms with van der Waals surface area (Å²) in [6, 6.07) is -0.354. The van der Waals surface area contributed by atoms with Gasteiger partial charge in [-0.15, -0.1) is 0 Å². The minimum absolute atomic E-state index is 0.0703. The van der Waals surface area contributed by atoms with Crippen LogP contribution in [-0.4, -0.2) is 42.0 Å². The zero-order chi connectivity index (χ0) is 13.9. The molecule has 6 heteroatoms. The van der Waals surface area contributed by atoms with Crippen molar-refractivity contribution in [2.45, 2.75) is 62.9 Å². The van der Waals surface area contributed by atoms with Crippen LogP contribution in [0.4, 0.5) is 13.2 Å². The molecule has 2 atom stereocenters. The van der Waals surface area contributed by atoms with Crippen molar-refractivity contribution >= 4 is 11.8 Å². The second-order valence-electron chi connectivity index (χ2n) is 5.72. The third-order valence-electron chi connectivity index (χ3n) is 3.95. The normalized spacial score (nSPS) is 29.4. The predicted octanol–water partition coefficient (Wildman–Crippen LogP) is 3.36. The van der Waals surface area contributed by atoms with E-state index in [1.165, 1.54) is 0 Å². The van der Waals surface area contributed by atoms with Crippen LogP contribution in [0, 0.1) is 0 Å². The topological polar surface area (TPSA) is 21.3 Å². The van der Waals surface area contributed by atoms with E-state index in [2.05, 4.69) is 5.32 Å². The van der Waals surface area contributed by atoms with Crippen LogP contribution in [0.25, 0.3) is 0 Å². The molecule has 2 unspecified atom stereocenters. The van der Waals surface area contributed by atoms with E-state index in [9.17, 15) is 13.2 Å². The molecule has 0 radical (unpaired) electrons. The van der Waals surface area contributed by atoms with Crippen molar-refractivity contribution in [3.05, 3.63) is 0 Å². The molecule has 0 aromatic carbocycles. The van der Waals surface area contributed by atoms with E-state index in [1.807, 2.05) is 11.8 Å². The van der Waals surface area contributed by atoms with Crippen LogP contribution in [0.5, 0.6) is 0 Å². The number of nitrogens with one attached hydrogen (secondary N) is 1. The van der Waals surface area contributed by atoms with E-state index in [0.29, 0.717) is 6.61 Å². The van der Waals surface area contributed by atoms with Gasteiger partial charge in [0.1, 0.15) is 0 Å². The fourth-order valence-corrected chi connectivity index (χ4v) is 4.31. The van der Waals surface area contributed by atoms with Gasteiger partial charge >= 0.3 is 6.18 Å². The standard InChI is InChI=1S/C13H22F3NOS/c1-10(8-13(14,15)16)17-11-2-5-18-12(9-11)3-6-19-7-4-12/h10-11,17H,2-9H2,1H3. The van der Waals surface area contributed by atoms with Crippen LogP contribution >= 0.6 is 11.8 Å². The molecule has 1 N–H and O–H groups in total. The third kappa shape index (κ3) is 4.83. The molecule has 0 aliphatic carbocycles. The monoisotopic (exact) mass is 297 g/mol. The van der Waals surface area contributed by atoms with Gasteiger partial charge in [-0.05, 0) is 44.1 Å². The second kappa shape index (κ2) is 6.22. The summed E-state index contributed by atoms with van der Waals surface area (Å²) < 4.78 is 43.0. The maximum Gasteiger partial charge on any atom is 0.390 e. The molecule has 2 saturated heterocycles. The average Bonchev–Trinajstić information content (AvgIpc) is 2.27. The highest BCUT2D eigenvalue weighted by atomic mass is 32.2. The molecule has 2 aliphatic heterocycles. The maximum absolute atomic E-state index is 12.3. The van der Waals surface area contributed by atoms with Crippen molar-refractivity contribution < 1.29 is 17.9 Å². The Bertz CT molecular complexity index is 287. The highest BCUT2D eigenvalue weighted by Gasteiger charge is 2.39. The quantitative estimate of drug-likeness (QED) is 0.863. The first-order chi connectivity index (χ1) is 8.89. The molecule has 19 heavy (non-hydrogen) atoms. The van der Waals surface area contributed by atoms with Crippen molar-refractivity contribution in [1.29, 1.82) is 0 Å². The Kier molecular flexibility index (Phi) is 5.06. The van der Waals surface area contributed by atoms with Gasteiger partial charge in [-0.1, -0.05) is 0 Å². The first-order valence-corrected chi connectivity index (χ1v) is 8.09. The molecule has 2 fully saturated rings. The molecule has 0 amide bonds. The summed E-state index contributed by atoms with van der Waals surface area (Å²) in [5.41, 5.74) is -0.0703. The zero-order valence-electron chi connectivity index (χ0n) is 11.3. The van der Waals surface area contributed by atoms with E-state index in [1.54, 1.807) is 6.92 Å². The zero-order valence-corrected chi connectivity index (χ0v) is 12.1. The van der Waals surface area contributed by atoms with E-state index in [0.717, 1.165) is 37.2 Å². The minimum Gasteiger partial charge on any atom is -0.375 e. The van der Waals surface area contributed by atoms with Gasteiger partial charge in [0.2, 0.25) is 0 Å². The number of alkyl halides is 3. The first kappa shape index (κ1) is 15.4. The molecule has 0 bridgehead atoms. The summed E-state index contributed by atoms with van der Waals surface area (Å²) in [5, 5.41) is 3.14. The van der Waals surface area contributed by atoms with E-state index < -0.39 is 18.6 Å². The number of ether oxygens (including phenoxy) is 1. The largest absolute Gasteiger partial charge is 0.390 e. The SMILES string of the molecule is CC(CC(F)(F)F)NC1CCOC2(CCSCC2)C1. The number of thioether (sulfide) groups is 1. The molecule has 112 valence electrons. The lowest BCUT2D eigenvalue weighted by Crippen LogP contribution is -2.51. The van der Waals surface area contributed by atoms with E-state index in [-0.39, 0.29) is 11.6 Å². The summed E-state index contributed by atoms with van der Waals surface area (Å²) in [6.07, 6.45) is -1.11. The van der Waals surface area contributed by atoms with Crippen LogP contribution in [0.15, 0.2) is 0 Å². The van der Waals surface area contributed by atoms with Crippen LogP contribution in [-0.2, 0) is 4.74 Å². The predicted molar refractivity (Wildman–Crippen MR) is 71.5 cm³/mol. The molecule has 2 nitrogen and oxygen atoms in total. The highest BCUT2D eigenvalue weighted by Crippen LogP contribution is 2.37. The lowest BCUT2D eigenvalue weighted by Gasteiger charge is -2.44. The van der Waals surface area contributed by atoms with Crippen LogP contribution < -0.4 is 5.32 Å². The fourth-order valence-electron chi connectivity index (χ4n) is 3.07. The minimum atomic E-state index is -4.09. The van der Waals surface area contributed by atoms with E-state index in [4.69, 9.17) is 4.74 Å². The van der Waals surface area contributed by atoms with E-state index >= 15 is 0 Å². The van der Waals surface area contributed by atoms with Crippen LogP contribution in [0.2, 0.25) is 0 Å². The summed E-state index contributed by atoms with van der Waals surface area (Å²) in [5.74, 6) is 2.20.